The number of fused-ring (bicyclic) bond motifs is 1. The van der Waals surface area contributed by atoms with Crippen molar-refractivity contribution < 1.29 is 19.0 Å². The van der Waals surface area contributed by atoms with Crippen LogP contribution in [0.1, 0.15) is 25.7 Å². The maximum absolute atomic E-state index is 11.3. The van der Waals surface area contributed by atoms with Crippen molar-refractivity contribution in [2.75, 3.05) is 0 Å². The van der Waals surface area contributed by atoms with Crippen LogP contribution in [0, 0.1) is 5.92 Å². The van der Waals surface area contributed by atoms with Gasteiger partial charge in [0.25, 0.3) is 0 Å². The van der Waals surface area contributed by atoms with E-state index in [2.05, 4.69) is 0 Å². The molecule has 1 aliphatic carbocycles. The summed E-state index contributed by atoms with van der Waals surface area (Å²) in [7, 11) is 0. The Labute approximate surface area is 93.9 Å². The minimum atomic E-state index is -0.725. The summed E-state index contributed by atoms with van der Waals surface area (Å²) in [5.41, 5.74) is 0. The van der Waals surface area contributed by atoms with E-state index in [-0.39, 0.29) is 11.9 Å². The minimum absolute atomic E-state index is 0.153. The molecule has 2 heterocycles. The Kier molecular flexibility index (Phi) is 2.24. The van der Waals surface area contributed by atoms with E-state index < -0.39 is 12.1 Å². The van der Waals surface area contributed by atoms with Gasteiger partial charge in [-0.2, -0.15) is 0 Å². The van der Waals surface area contributed by atoms with E-state index in [1.165, 1.54) is 0 Å². The van der Waals surface area contributed by atoms with E-state index in [1.54, 1.807) is 12.3 Å². The minimum Gasteiger partial charge on any atom is -0.469 e. The molecule has 4 heteroatoms. The summed E-state index contributed by atoms with van der Waals surface area (Å²) in [6.07, 6.45) is 9.93. The molecule has 0 bridgehead atoms. The normalized spacial score (nSPS) is 40.6. The first-order valence-electron chi connectivity index (χ1n) is 5.67. The molecule has 3 unspecified atom stereocenters. The van der Waals surface area contributed by atoms with Gasteiger partial charge in [-0.15, -0.1) is 0 Å². The average Bonchev–Trinajstić information content (AvgIpc) is 2.74. The summed E-state index contributed by atoms with van der Waals surface area (Å²) < 4.78 is 16.5. The zero-order valence-electron chi connectivity index (χ0n) is 8.93. The summed E-state index contributed by atoms with van der Waals surface area (Å²) in [6, 6.07) is 0. The average molecular weight is 222 g/mol. The lowest BCUT2D eigenvalue weighted by molar-refractivity contribution is -0.270. The third-order valence-electron chi connectivity index (χ3n) is 3.39. The largest absolute Gasteiger partial charge is 0.469 e. The van der Waals surface area contributed by atoms with Gasteiger partial charge in [0.1, 0.15) is 0 Å². The molecule has 3 atom stereocenters. The molecule has 2 fully saturated rings. The fourth-order valence-electron chi connectivity index (χ4n) is 2.66. The van der Waals surface area contributed by atoms with Crippen LogP contribution >= 0.6 is 0 Å². The van der Waals surface area contributed by atoms with Crippen LogP contribution in [0.15, 0.2) is 24.5 Å². The van der Waals surface area contributed by atoms with Crippen LogP contribution in [-0.4, -0.2) is 18.0 Å². The van der Waals surface area contributed by atoms with Gasteiger partial charge < -0.3 is 9.47 Å². The Morgan fingerprint density at radius 1 is 1.44 bits per heavy atom. The van der Waals surface area contributed by atoms with E-state index in [1.807, 2.05) is 12.2 Å². The Hall–Kier alpha value is -1.29. The van der Waals surface area contributed by atoms with E-state index in [9.17, 15) is 4.79 Å². The number of carbonyl (C=O) groups excluding carboxylic acids is 1. The molecular formula is C12H14O4. The molecule has 2 aliphatic heterocycles. The molecule has 0 radical (unpaired) electrons. The van der Waals surface area contributed by atoms with Crippen LogP contribution in [0.4, 0.5) is 0 Å². The van der Waals surface area contributed by atoms with Gasteiger partial charge in [0.15, 0.2) is 0 Å². The monoisotopic (exact) mass is 222 g/mol. The Morgan fingerprint density at radius 2 is 2.38 bits per heavy atom. The van der Waals surface area contributed by atoms with E-state index in [0.717, 1.165) is 19.3 Å². The van der Waals surface area contributed by atoms with Crippen molar-refractivity contribution in [3.8, 4) is 0 Å². The van der Waals surface area contributed by atoms with Crippen molar-refractivity contribution in [2.45, 2.75) is 37.8 Å². The van der Waals surface area contributed by atoms with E-state index >= 15 is 0 Å². The lowest BCUT2D eigenvalue weighted by atomic mass is 10.0. The van der Waals surface area contributed by atoms with Gasteiger partial charge in [-0.05, 0) is 25.0 Å². The standard InChI is InChI=1S/C12H14O4/c13-10-8-9-4-3-6-12(9,15-10)16-11-5-1-2-7-14-11/h1-2,5,7,9,11H,3-4,6,8H2. The maximum Gasteiger partial charge on any atom is 0.308 e. The Morgan fingerprint density at radius 3 is 3.19 bits per heavy atom. The predicted molar refractivity (Wildman–Crippen MR) is 55.0 cm³/mol. The van der Waals surface area contributed by atoms with Gasteiger partial charge >= 0.3 is 5.97 Å². The molecule has 3 rings (SSSR count). The van der Waals surface area contributed by atoms with Crippen LogP contribution in [0.3, 0.4) is 0 Å². The fourth-order valence-corrected chi connectivity index (χ4v) is 2.66. The number of allylic oxidation sites excluding steroid dienone is 2. The zero-order valence-corrected chi connectivity index (χ0v) is 8.93. The van der Waals surface area contributed by atoms with Crippen LogP contribution < -0.4 is 0 Å². The lowest BCUT2D eigenvalue weighted by Gasteiger charge is -2.31. The van der Waals surface area contributed by atoms with Crippen LogP contribution in [0.25, 0.3) is 0 Å². The van der Waals surface area contributed by atoms with Gasteiger partial charge in [0.05, 0.1) is 12.7 Å². The van der Waals surface area contributed by atoms with Crippen molar-refractivity contribution in [1.29, 1.82) is 0 Å². The molecule has 0 aromatic carbocycles. The molecule has 4 nitrogen and oxygen atoms in total. The molecule has 0 aromatic heterocycles. The molecule has 86 valence electrons. The second kappa shape index (κ2) is 3.63. The molecular weight excluding hydrogens is 208 g/mol. The molecule has 3 aliphatic rings. The maximum atomic E-state index is 11.3. The molecule has 1 saturated carbocycles. The highest BCUT2D eigenvalue weighted by atomic mass is 16.8. The summed E-state index contributed by atoms with van der Waals surface area (Å²) in [6.45, 7) is 0. The second-order valence-electron chi connectivity index (χ2n) is 4.41. The quantitative estimate of drug-likeness (QED) is 0.669. The number of rotatable bonds is 2. The zero-order chi connectivity index (χ0) is 11.0. The molecule has 0 N–H and O–H groups in total. The van der Waals surface area contributed by atoms with E-state index in [0.29, 0.717) is 6.42 Å². The summed E-state index contributed by atoms with van der Waals surface area (Å²) >= 11 is 0. The third-order valence-corrected chi connectivity index (χ3v) is 3.39. The van der Waals surface area contributed by atoms with Crippen LogP contribution in [0.2, 0.25) is 0 Å². The number of hydrogen-bond donors (Lipinski definition) is 0. The fraction of sp³-hybridized carbons (Fsp3) is 0.583. The van der Waals surface area contributed by atoms with Gasteiger partial charge in [0.2, 0.25) is 12.1 Å². The Bertz CT molecular complexity index is 360. The predicted octanol–water partition coefficient (Wildman–Crippen LogP) is 1.87. The SMILES string of the molecule is O=C1CC2CCCC2(OC2C=CC=CO2)O1. The highest BCUT2D eigenvalue weighted by Crippen LogP contribution is 2.47. The third kappa shape index (κ3) is 1.53. The lowest BCUT2D eigenvalue weighted by Crippen LogP contribution is -2.38. The van der Waals surface area contributed by atoms with Crippen molar-refractivity contribution in [1.82, 2.24) is 0 Å². The molecule has 1 saturated heterocycles. The van der Waals surface area contributed by atoms with Crippen molar-refractivity contribution in [2.24, 2.45) is 5.92 Å². The number of carbonyl (C=O) groups is 1. The van der Waals surface area contributed by atoms with Crippen molar-refractivity contribution >= 4 is 5.97 Å². The summed E-state index contributed by atoms with van der Waals surface area (Å²) in [5, 5.41) is 0. The van der Waals surface area contributed by atoms with Gasteiger partial charge in [-0.25, -0.2) is 0 Å². The van der Waals surface area contributed by atoms with Crippen LogP contribution in [-0.2, 0) is 19.0 Å². The van der Waals surface area contributed by atoms with E-state index in [4.69, 9.17) is 14.2 Å². The number of esters is 1. The smallest absolute Gasteiger partial charge is 0.308 e. The van der Waals surface area contributed by atoms with Crippen molar-refractivity contribution in [3.05, 3.63) is 24.5 Å². The number of hydrogen-bond acceptors (Lipinski definition) is 4. The molecule has 0 spiro atoms. The summed E-state index contributed by atoms with van der Waals surface area (Å²) in [4.78, 5) is 11.3. The van der Waals surface area contributed by atoms with Gasteiger partial charge in [-0.1, -0.05) is 6.08 Å². The first-order chi connectivity index (χ1) is 7.78. The first-order valence-corrected chi connectivity index (χ1v) is 5.67. The highest BCUT2D eigenvalue weighted by Gasteiger charge is 2.54. The highest BCUT2D eigenvalue weighted by molar-refractivity contribution is 5.72. The molecule has 0 aromatic rings. The molecule has 16 heavy (non-hydrogen) atoms. The Balaban J connectivity index is 1.74. The molecule has 0 amide bonds. The number of ether oxygens (including phenoxy) is 3. The van der Waals surface area contributed by atoms with Gasteiger partial charge in [-0.3, -0.25) is 9.53 Å². The first kappa shape index (κ1) is 9.90. The summed E-state index contributed by atoms with van der Waals surface area (Å²) in [5.74, 6) is -0.681. The van der Waals surface area contributed by atoms with Gasteiger partial charge in [0, 0.05) is 12.3 Å². The topological polar surface area (TPSA) is 44.8 Å². The second-order valence-corrected chi connectivity index (χ2v) is 4.41. The van der Waals surface area contributed by atoms with Crippen molar-refractivity contribution in [3.63, 3.8) is 0 Å². The van der Waals surface area contributed by atoms with Crippen LogP contribution in [0.5, 0.6) is 0 Å².